The summed E-state index contributed by atoms with van der Waals surface area (Å²) in [6.45, 7) is 4.37. The van der Waals surface area contributed by atoms with E-state index in [1.807, 2.05) is 13.8 Å². The number of benzene rings is 1. The van der Waals surface area contributed by atoms with Crippen molar-refractivity contribution in [1.29, 1.82) is 0 Å². The fourth-order valence-corrected chi connectivity index (χ4v) is 2.24. The van der Waals surface area contributed by atoms with Gasteiger partial charge in [0.1, 0.15) is 0 Å². The third-order valence-corrected chi connectivity index (χ3v) is 3.29. The van der Waals surface area contributed by atoms with Gasteiger partial charge in [0.25, 0.3) is 5.91 Å². The number of amides is 1. The van der Waals surface area contributed by atoms with Gasteiger partial charge in [0.05, 0.1) is 21.3 Å². The summed E-state index contributed by atoms with van der Waals surface area (Å²) in [5.74, 6) is 1.63. The van der Waals surface area contributed by atoms with E-state index >= 15 is 0 Å². The molecule has 0 aliphatic rings. The topological polar surface area (TPSA) is 48.0 Å². The van der Waals surface area contributed by atoms with Crippen LogP contribution in [0.4, 0.5) is 0 Å². The Balaban J connectivity index is 3.26. The minimum Gasteiger partial charge on any atom is -0.493 e. The molecule has 0 fully saturated rings. The van der Waals surface area contributed by atoms with Crippen LogP contribution in [0.3, 0.4) is 0 Å². The molecule has 0 saturated heterocycles. The summed E-state index contributed by atoms with van der Waals surface area (Å²) in [7, 11) is 4.56. The first-order chi connectivity index (χ1) is 9.99. The lowest BCUT2D eigenvalue weighted by Gasteiger charge is -2.26. The van der Waals surface area contributed by atoms with E-state index in [0.29, 0.717) is 35.2 Å². The zero-order chi connectivity index (χ0) is 16.0. The molecular weight excluding hydrogens is 294 g/mol. The maximum Gasteiger partial charge on any atom is 0.254 e. The molecular formula is C15H22ClNO4. The lowest BCUT2D eigenvalue weighted by molar-refractivity contribution is 0.0717. The summed E-state index contributed by atoms with van der Waals surface area (Å²) in [6.07, 6.45) is 0. The standard InChI is InChI=1S/C15H22ClNO4/c1-10(2)17(7-6-16)15(18)11-8-12(19-3)14(21-5)13(9-11)20-4/h8-10H,6-7H2,1-5H3. The van der Waals surface area contributed by atoms with Gasteiger partial charge < -0.3 is 19.1 Å². The Morgan fingerprint density at radius 2 is 1.67 bits per heavy atom. The van der Waals surface area contributed by atoms with E-state index in [9.17, 15) is 4.79 Å². The Labute approximate surface area is 130 Å². The molecule has 6 heteroatoms. The van der Waals surface area contributed by atoms with Crippen LogP contribution in [0.2, 0.25) is 0 Å². The number of carbonyl (C=O) groups is 1. The van der Waals surface area contributed by atoms with Crippen LogP contribution < -0.4 is 14.2 Å². The number of rotatable bonds is 7. The molecule has 0 saturated carbocycles. The Morgan fingerprint density at radius 1 is 1.14 bits per heavy atom. The second kappa shape index (κ2) is 7.98. The molecule has 0 aromatic heterocycles. The first-order valence-electron chi connectivity index (χ1n) is 6.67. The van der Waals surface area contributed by atoms with Gasteiger partial charge in [-0.25, -0.2) is 0 Å². The maximum atomic E-state index is 12.6. The number of alkyl halides is 1. The van der Waals surface area contributed by atoms with Crippen molar-refractivity contribution < 1.29 is 19.0 Å². The average Bonchev–Trinajstić information content (AvgIpc) is 2.49. The average molecular weight is 316 g/mol. The highest BCUT2D eigenvalue weighted by Gasteiger charge is 2.22. The Morgan fingerprint density at radius 3 is 2.00 bits per heavy atom. The van der Waals surface area contributed by atoms with Gasteiger partial charge >= 0.3 is 0 Å². The molecule has 1 rings (SSSR count). The number of ether oxygens (including phenoxy) is 3. The zero-order valence-corrected chi connectivity index (χ0v) is 13.9. The van der Waals surface area contributed by atoms with Crippen LogP contribution in [0.25, 0.3) is 0 Å². The highest BCUT2D eigenvalue weighted by molar-refractivity contribution is 6.18. The van der Waals surface area contributed by atoms with Crippen LogP contribution in [0, 0.1) is 0 Å². The molecule has 0 spiro atoms. The molecule has 1 aromatic rings. The highest BCUT2D eigenvalue weighted by Crippen LogP contribution is 2.38. The smallest absolute Gasteiger partial charge is 0.254 e. The molecule has 0 unspecified atom stereocenters. The highest BCUT2D eigenvalue weighted by atomic mass is 35.5. The number of carbonyl (C=O) groups excluding carboxylic acids is 1. The summed E-state index contributed by atoms with van der Waals surface area (Å²) >= 11 is 5.77. The Kier molecular flexibility index (Phi) is 6.62. The predicted octanol–water partition coefficient (Wildman–Crippen LogP) is 2.80. The van der Waals surface area contributed by atoms with Crippen molar-refractivity contribution in [2.75, 3.05) is 33.8 Å². The van der Waals surface area contributed by atoms with Crippen molar-refractivity contribution in [2.45, 2.75) is 19.9 Å². The fourth-order valence-electron chi connectivity index (χ4n) is 2.06. The molecule has 1 amide bonds. The van der Waals surface area contributed by atoms with E-state index in [1.165, 1.54) is 21.3 Å². The summed E-state index contributed by atoms with van der Waals surface area (Å²) < 4.78 is 15.8. The van der Waals surface area contributed by atoms with E-state index < -0.39 is 0 Å². The van der Waals surface area contributed by atoms with Gasteiger partial charge in [-0.05, 0) is 26.0 Å². The van der Waals surface area contributed by atoms with Crippen molar-refractivity contribution in [3.63, 3.8) is 0 Å². The number of hydrogen-bond acceptors (Lipinski definition) is 4. The van der Waals surface area contributed by atoms with Gasteiger partial charge in [0.15, 0.2) is 11.5 Å². The maximum absolute atomic E-state index is 12.6. The normalized spacial score (nSPS) is 10.4. The van der Waals surface area contributed by atoms with Crippen LogP contribution in [0.5, 0.6) is 17.2 Å². The van der Waals surface area contributed by atoms with Crippen molar-refractivity contribution in [2.24, 2.45) is 0 Å². The van der Waals surface area contributed by atoms with Gasteiger partial charge in [0.2, 0.25) is 5.75 Å². The molecule has 5 nitrogen and oxygen atoms in total. The van der Waals surface area contributed by atoms with Gasteiger partial charge in [0, 0.05) is 24.0 Å². The number of hydrogen-bond donors (Lipinski definition) is 0. The lowest BCUT2D eigenvalue weighted by Crippen LogP contribution is -2.38. The summed E-state index contributed by atoms with van der Waals surface area (Å²) in [4.78, 5) is 14.3. The first-order valence-corrected chi connectivity index (χ1v) is 7.20. The number of methoxy groups -OCH3 is 3. The Hall–Kier alpha value is -1.62. The van der Waals surface area contributed by atoms with Crippen molar-refractivity contribution >= 4 is 17.5 Å². The summed E-state index contributed by atoms with van der Waals surface area (Å²) in [5, 5.41) is 0. The van der Waals surface area contributed by atoms with E-state index in [-0.39, 0.29) is 11.9 Å². The lowest BCUT2D eigenvalue weighted by atomic mass is 10.1. The van der Waals surface area contributed by atoms with Crippen molar-refractivity contribution in [3.8, 4) is 17.2 Å². The fraction of sp³-hybridized carbons (Fsp3) is 0.533. The zero-order valence-electron chi connectivity index (χ0n) is 13.1. The van der Waals surface area contributed by atoms with Crippen molar-refractivity contribution in [1.82, 2.24) is 4.90 Å². The molecule has 1 aromatic carbocycles. The molecule has 0 N–H and O–H groups in total. The van der Waals surface area contributed by atoms with E-state index in [0.717, 1.165) is 0 Å². The minimum atomic E-state index is -0.120. The second-order valence-corrected chi connectivity index (χ2v) is 5.07. The molecule has 0 radical (unpaired) electrons. The molecule has 0 bridgehead atoms. The summed E-state index contributed by atoms with van der Waals surface area (Å²) in [5.41, 5.74) is 0.475. The van der Waals surface area contributed by atoms with Crippen LogP contribution >= 0.6 is 11.6 Å². The molecule has 0 aliphatic heterocycles. The minimum absolute atomic E-state index is 0.0512. The molecule has 0 atom stereocenters. The van der Waals surface area contributed by atoms with E-state index in [2.05, 4.69) is 0 Å². The third-order valence-electron chi connectivity index (χ3n) is 3.12. The molecule has 0 aliphatic carbocycles. The molecule has 0 heterocycles. The van der Waals surface area contributed by atoms with Crippen LogP contribution in [-0.4, -0.2) is 50.6 Å². The summed E-state index contributed by atoms with van der Waals surface area (Å²) in [6, 6.07) is 3.34. The second-order valence-electron chi connectivity index (χ2n) is 4.70. The van der Waals surface area contributed by atoms with Crippen LogP contribution in [0.1, 0.15) is 24.2 Å². The van der Waals surface area contributed by atoms with Gasteiger partial charge in [-0.1, -0.05) is 0 Å². The van der Waals surface area contributed by atoms with Crippen LogP contribution in [-0.2, 0) is 0 Å². The van der Waals surface area contributed by atoms with Crippen molar-refractivity contribution in [3.05, 3.63) is 17.7 Å². The third kappa shape index (κ3) is 3.94. The largest absolute Gasteiger partial charge is 0.493 e. The Bertz CT molecular complexity index is 466. The first kappa shape index (κ1) is 17.4. The molecule has 21 heavy (non-hydrogen) atoms. The monoisotopic (exact) mass is 315 g/mol. The number of nitrogens with zero attached hydrogens (tertiary/aromatic N) is 1. The van der Waals surface area contributed by atoms with Gasteiger partial charge in [-0.15, -0.1) is 11.6 Å². The predicted molar refractivity (Wildman–Crippen MR) is 83.0 cm³/mol. The quantitative estimate of drug-likeness (QED) is 0.726. The number of halogens is 1. The SMILES string of the molecule is COc1cc(C(=O)N(CCCl)C(C)C)cc(OC)c1OC. The van der Waals surface area contributed by atoms with E-state index in [1.54, 1.807) is 17.0 Å². The van der Waals surface area contributed by atoms with Crippen LogP contribution in [0.15, 0.2) is 12.1 Å². The van der Waals surface area contributed by atoms with E-state index in [4.69, 9.17) is 25.8 Å². The van der Waals surface area contributed by atoms with Gasteiger partial charge in [-0.3, -0.25) is 4.79 Å². The molecule has 118 valence electrons. The van der Waals surface area contributed by atoms with Gasteiger partial charge in [-0.2, -0.15) is 0 Å².